The minimum atomic E-state index is -0.243. The van der Waals surface area contributed by atoms with Crippen molar-refractivity contribution in [3.63, 3.8) is 0 Å². The maximum absolute atomic E-state index is 12.5. The van der Waals surface area contributed by atoms with Crippen molar-refractivity contribution in [2.75, 3.05) is 5.32 Å². The van der Waals surface area contributed by atoms with Crippen LogP contribution in [0.4, 0.5) is 5.69 Å². The molecule has 2 heterocycles. The standard InChI is InChI=1S/C20H16N4O/c1-13-7-6-12-18(21-13)20(25)24-15-9-3-2-8-14(15)19-22-16-10-4-5-11-17(16)23-19/h2-12H,1H3,(H,22,23)(H,24,25). The largest absolute Gasteiger partial charge is 0.338 e. The lowest BCUT2D eigenvalue weighted by Gasteiger charge is -2.09. The van der Waals surface area contributed by atoms with Crippen molar-refractivity contribution in [1.82, 2.24) is 15.0 Å². The number of benzene rings is 2. The molecule has 2 aromatic heterocycles. The quantitative estimate of drug-likeness (QED) is 0.592. The van der Waals surface area contributed by atoms with E-state index >= 15 is 0 Å². The summed E-state index contributed by atoms with van der Waals surface area (Å²) in [6.07, 6.45) is 0. The Labute approximate surface area is 144 Å². The fourth-order valence-corrected chi connectivity index (χ4v) is 2.73. The van der Waals surface area contributed by atoms with E-state index in [1.54, 1.807) is 6.07 Å². The third kappa shape index (κ3) is 2.99. The van der Waals surface area contributed by atoms with Crippen LogP contribution >= 0.6 is 0 Å². The molecule has 0 aliphatic heterocycles. The summed E-state index contributed by atoms with van der Waals surface area (Å²) in [7, 11) is 0. The normalized spacial score (nSPS) is 10.8. The van der Waals surface area contributed by atoms with Gasteiger partial charge in [0.25, 0.3) is 5.91 Å². The van der Waals surface area contributed by atoms with Gasteiger partial charge in [0.05, 0.1) is 16.7 Å². The summed E-state index contributed by atoms with van der Waals surface area (Å²) in [5, 5.41) is 2.94. The fraction of sp³-hybridized carbons (Fsp3) is 0.0500. The second-order valence-electron chi connectivity index (χ2n) is 5.77. The molecule has 0 aliphatic carbocycles. The Balaban J connectivity index is 1.70. The number of para-hydroxylation sites is 3. The summed E-state index contributed by atoms with van der Waals surface area (Å²) in [5.41, 5.74) is 4.56. The number of imidazole rings is 1. The highest BCUT2D eigenvalue weighted by molar-refractivity contribution is 6.05. The first-order chi connectivity index (χ1) is 12.2. The molecule has 0 radical (unpaired) electrons. The molecule has 5 nitrogen and oxygen atoms in total. The number of aryl methyl sites for hydroxylation is 1. The summed E-state index contributed by atoms with van der Waals surface area (Å²) in [4.78, 5) is 24.7. The van der Waals surface area contributed by atoms with E-state index < -0.39 is 0 Å². The monoisotopic (exact) mass is 328 g/mol. The zero-order chi connectivity index (χ0) is 17.2. The molecule has 0 aliphatic rings. The predicted octanol–water partition coefficient (Wildman–Crippen LogP) is 4.19. The van der Waals surface area contributed by atoms with Crippen LogP contribution < -0.4 is 5.32 Å². The van der Waals surface area contributed by atoms with Crippen molar-refractivity contribution < 1.29 is 4.79 Å². The molecule has 122 valence electrons. The fourth-order valence-electron chi connectivity index (χ4n) is 2.73. The number of anilines is 1. The Morgan fingerprint density at radius 3 is 2.56 bits per heavy atom. The molecule has 0 saturated carbocycles. The lowest BCUT2D eigenvalue weighted by molar-refractivity contribution is 0.102. The van der Waals surface area contributed by atoms with Crippen LogP contribution in [0.2, 0.25) is 0 Å². The van der Waals surface area contributed by atoms with Gasteiger partial charge >= 0.3 is 0 Å². The number of hydrogen-bond donors (Lipinski definition) is 2. The van der Waals surface area contributed by atoms with Crippen LogP contribution in [0.25, 0.3) is 22.4 Å². The summed E-state index contributed by atoms with van der Waals surface area (Å²) < 4.78 is 0. The molecule has 1 amide bonds. The van der Waals surface area contributed by atoms with Gasteiger partial charge in [0.2, 0.25) is 0 Å². The molecule has 0 spiro atoms. The lowest BCUT2D eigenvalue weighted by atomic mass is 10.1. The molecule has 4 aromatic rings. The van der Waals surface area contributed by atoms with Gasteiger partial charge in [-0.05, 0) is 43.3 Å². The average molecular weight is 328 g/mol. The smallest absolute Gasteiger partial charge is 0.274 e. The highest BCUT2D eigenvalue weighted by atomic mass is 16.1. The summed E-state index contributed by atoms with van der Waals surface area (Å²) in [6.45, 7) is 1.86. The molecular formula is C20H16N4O. The average Bonchev–Trinajstić information content (AvgIpc) is 3.06. The molecule has 0 atom stereocenters. The van der Waals surface area contributed by atoms with Gasteiger partial charge in [-0.1, -0.05) is 30.3 Å². The second kappa shape index (κ2) is 6.20. The van der Waals surface area contributed by atoms with Crippen LogP contribution in [-0.4, -0.2) is 20.9 Å². The molecule has 2 aromatic carbocycles. The van der Waals surface area contributed by atoms with Gasteiger partial charge in [0, 0.05) is 11.3 Å². The van der Waals surface area contributed by atoms with Crippen molar-refractivity contribution >= 4 is 22.6 Å². The van der Waals surface area contributed by atoms with Gasteiger partial charge < -0.3 is 10.3 Å². The maximum atomic E-state index is 12.5. The molecule has 0 saturated heterocycles. The number of rotatable bonds is 3. The second-order valence-corrected chi connectivity index (χ2v) is 5.77. The number of aromatic amines is 1. The molecule has 4 rings (SSSR count). The van der Waals surface area contributed by atoms with E-state index in [2.05, 4.69) is 20.3 Å². The number of amides is 1. The summed E-state index contributed by atoms with van der Waals surface area (Å²) in [5.74, 6) is 0.474. The molecule has 0 fully saturated rings. The number of nitrogens with one attached hydrogen (secondary N) is 2. The molecule has 25 heavy (non-hydrogen) atoms. The van der Waals surface area contributed by atoms with Crippen LogP contribution in [-0.2, 0) is 0 Å². The third-order valence-electron chi connectivity index (χ3n) is 3.94. The van der Waals surface area contributed by atoms with Crippen molar-refractivity contribution in [2.24, 2.45) is 0 Å². The number of fused-ring (bicyclic) bond motifs is 1. The molecule has 0 bridgehead atoms. The van der Waals surface area contributed by atoms with E-state index in [9.17, 15) is 4.79 Å². The topological polar surface area (TPSA) is 70.7 Å². The zero-order valence-electron chi connectivity index (χ0n) is 13.7. The number of carbonyl (C=O) groups excluding carboxylic acids is 1. The molecule has 2 N–H and O–H groups in total. The highest BCUT2D eigenvalue weighted by Gasteiger charge is 2.13. The van der Waals surface area contributed by atoms with Gasteiger partial charge in [-0.25, -0.2) is 9.97 Å². The van der Waals surface area contributed by atoms with E-state index in [0.717, 1.165) is 22.3 Å². The molecule has 0 unspecified atom stereocenters. The number of H-pyrrole nitrogens is 1. The van der Waals surface area contributed by atoms with Gasteiger partial charge in [-0.15, -0.1) is 0 Å². The Morgan fingerprint density at radius 1 is 0.920 bits per heavy atom. The minimum Gasteiger partial charge on any atom is -0.338 e. The first-order valence-corrected chi connectivity index (χ1v) is 8.00. The van der Waals surface area contributed by atoms with E-state index in [0.29, 0.717) is 17.2 Å². The SMILES string of the molecule is Cc1cccc(C(=O)Nc2ccccc2-c2nc3ccccc3[nH]2)n1. The first-order valence-electron chi connectivity index (χ1n) is 8.00. The Morgan fingerprint density at radius 2 is 1.72 bits per heavy atom. The number of nitrogens with zero attached hydrogens (tertiary/aromatic N) is 2. The number of carbonyl (C=O) groups is 1. The van der Waals surface area contributed by atoms with Crippen molar-refractivity contribution in [2.45, 2.75) is 6.92 Å². The van der Waals surface area contributed by atoms with E-state index in [1.165, 1.54) is 0 Å². The van der Waals surface area contributed by atoms with Gasteiger partial charge in [0.15, 0.2) is 0 Å². The predicted molar refractivity (Wildman–Crippen MR) is 98.5 cm³/mol. The van der Waals surface area contributed by atoms with Gasteiger partial charge in [-0.2, -0.15) is 0 Å². The highest BCUT2D eigenvalue weighted by Crippen LogP contribution is 2.27. The van der Waals surface area contributed by atoms with Crippen LogP contribution in [0.3, 0.4) is 0 Å². The van der Waals surface area contributed by atoms with Crippen molar-refractivity contribution in [3.05, 3.63) is 78.1 Å². The Hall–Kier alpha value is -3.47. The third-order valence-corrected chi connectivity index (χ3v) is 3.94. The minimum absolute atomic E-state index is 0.243. The first kappa shape index (κ1) is 15.1. The van der Waals surface area contributed by atoms with Crippen LogP contribution in [0.5, 0.6) is 0 Å². The van der Waals surface area contributed by atoms with E-state index in [-0.39, 0.29) is 5.91 Å². The number of hydrogen-bond acceptors (Lipinski definition) is 3. The number of aromatic nitrogens is 3. The number of pyridine rings is 1. The summed E-state index contributed by atoms with van der Waals surface area (Å²) in [6, 6.07) is 20.8. The Kier molecular flexibility index (Phi) is 3.74. The van der Waals surface area contributed by atoms with Crippen LogP contribution in [0, 0.1) is 6.92 Å². The summed E-state index contributed by atoms with van der Waals surface area (Å²) >= 11 is 0. The van der Waals surface area contributed by atoms with Gasteiger partial charge in [-0.3, -0.25) is 4.79 Å². The lowest BCUT2D eigenvalue weighted by Crippen LogP contribution is -2.14. The van der Waals surface area contributed by atoms with Crippen molar-refractivity contribution in [1.29, 1.82) is 0 Å². The van der Waals surface area contributed by atoms with Crippen molar-refractivity contribution in [3.8, 4) is 11.4 Å². The van der Waals surface area contributed by atoms with Crippen LogP contribution in [0.1, 0.15) is 16.2 Å². The van der Waals surface area contributed by atoms with Crippen LogP contribution in [0.15, 0.2) is 66.7 Å². The maximum Gasteiger partial charge on any atom is 0.274 e. The van der Waals surface area contributed by atoms with E-state index in [1.807, 2.05) is 67.6 Å². The van der Waals surface area contributed by atoms with E-state index in [4.69, 9.17) is 0 Å². The zero-order valence-corrected chi connectivity index (χ0v) is 13.7. The van der Waals surface area contributed by atoms with Gasteiger partial charge in [0.1, 0.15) is 11.5 Å². The Bertz CT molecular complexity index is 1030. The molecular weight excluding hydrogens is 312 g/mol. The molecule has 5 heteroatoms.